The van der Waals surface area contributed by atoms with Crippen molar-refractivity contribution in [2.45, 2.75) is 0 Å². The van der Waals surface area contributed by atoms with E-state index < -0.39 is 14.3 Å². The molecule has 0 aromatic rings. The summed E-state index contributed by atoms with van der Waals surface area (Å²) in [5, 5.41) is 8.25. The van der Waals surface area contributed by atoms with Gasteiger partial charge < -0.3 is 62.0 Å². The summed E-state index contributed by atoms with van der Waals surface area (Å²) in [6.07, 6.45) is 0. The molecule has 0 unspecified atom stereocenters. The Labute approximate surface area is 163 Å². The molecule has 0 bridgehead atoms. The van der Waals surface area contributed by atoms with Crippen molar-refractivity contribution < 1.29 is 151 Å². The minimum absolute atomic E-state index is 0. The quantitative estimate of drug-likeness (QED) is 0.256. The summed E-state index contributed by atoms with van der Waals surface area (Å²) < 4.78 is 8.66. The number of phosphoric acid groups is 1. The summed E-state index contributed by atoms with van der Waals surface area (Å²) in [7, 11) is -5.14. The van der Waals surface area contributed by atoms with Crippen LogP contribution in [0.2, 0.25) is 0 Å². The van der Waals surface area contributed by atoms with E-state index >= 15 is 0 Å². The van der Waals surface area contributed by atoms with Crippen LogP contribution in [-0.4, -0.2) is 44.2 Å². The van der Waals surface area contributed by atoms with E-state index in [0.29, 0.717) is 0 Å². The molecule has 0 fully saturated rings. The van der Waals surface area contributed by atoms with Gasteiger partial charge in [0.05, 0.1) is 7.82 Å². The standard InChI is InChI=1S/CH2O2.3Na.H3O4P.6H2O/c2-1-3;;;;1-5(2,3)4;;;;;;/h1H,(H,2,3);;;;(H3,1,2,3,4);6*1H2/q;3*+1;;;;;;;/p-3. The van der Waals surface area contributed by atoms with Crippen molar-refractivity contribution in [2.24, 2.45) is 0 Å². The summed E-state index contributed by atoms with van der Waals surface area (Å²) in [6.45, 7) is -0.500. The minimum Gasteiger partial charge on any atom is -0.790 e. The molecule has 0 heterocycles. The molecule has 0 aliphatic heterocycles. The monoisotopic (exact) mass is 318 g/mol. The summed E-state index contributed by atoms with van der Waals surface area (Å²) in [5.74, 6) is 0. The average Bonchev–Trinajstić information content (AvgIpc) is 1.27. The Morgan fingerprint density at radius 1 is 0.824 bits per heavy atom. The van der Waals surface area contributed by atoms with Crippen molar-refractivity contribution in [3.8, 4) is 0 Å². The molecule has 0 aliphatic rings. The maximum atomic E-state index is 8.66. The van der Waals surface area contributed by atoms with Gasteiger partial charge in [-0.05, 0) is 0 Å². The zero-order chi connectivity index (χ0) is 7.21. The third-order valence-corrected chi connectivity index (χ3v) is 0. The van der Waals surface area contributed by atoms with E-state index in [1.165, 1.54) is 0 Å². The molecule has 16 heteroatoms. The number of hydrogen-bond acceptors (Lipinski definition) is 5. The molecule has 0 saturated heterocycles. The third kappa shape index (κ3) is 894. The maximum absolute atomic E-state index is 8.66. The Morgan fingerprint density at radius 3 is 0.824 bits per heavy atom. The zero-order valence-corrected chi connectivity index (χ0v) is 16.4. The average molecular weight is 318 g/mol. The third-order valence-electron chi connectivity index (χ3n) is 0. The molecule has 0 saturated carbocycles. The van der Waals surface area contributed by atoms with Crippen LogP contribution >= 0.6 is 7.82 Å². The predicted octanol–water partition coefficient (Wildman–Crippen LogP) is -17.8. The normalized spacial score (nSPS) is 4.18. The van der Waals surface area contributed by atoms with Crippen molar-refractivity contribution in [1.29, 1.82) is 0 Å². The van der Waals surface area contributed by atoms with Crippen LogP contribution in [0.3, 0.4) is 0 Å². The number of carboxylic acid groups (broad SMARTS) is 1. The van der Waals surface area contributed by atoms with Crippen LogP contribution in [0.15, 0.2) is 0 Å². The van der Waals surface area contributed by atoms with Crippen molar-refractivity contribution in [2.75, 3.05) is 0 Å². The molecule has 0 amide bonds. The molecular weight excluding hydrogens is 304 g/mol. The number of carbonyl (C=O) groups is 1. The Morgan fingerprint density at radius 2 is 0.824 bits per heavy atom. The molecule has 17 heavy (non-hydrogen) atoms. The Bertz CT molecular complexity index is 95.7. The summed E-state index contributed by atoms with van der Waals surface area (Å²) >= 11 is 0. The number of hydrogen-bond donors (Lipinski definition) is 1. The Hall–Kier alpha value is 2.34. The first-order chi connectivity index (χ1) is 3.41. The molecule has 0 atom stereocenters. The van der Waals surface area contributed by atoms with Gasteiger partial charge in [0, 0.05) is 6.47 Å². The van der Waals surface area contributed by atoms with Crippen LogP contribution < -0.4 is 104 Å². The number of rotatable bonds is 0. The molecular formula is CH14Na3O12P. The van der Waals surface area contributed by atoms with E-state index in [2.05, 4.69) is 0 Å². The zero-order valence-electron chi connectivity index (χ0n) is 9.51. The van der Waals surface area contributed by atoms with Gasteiger partial charge in [0.15, 0.2) is 0 Å². The molecule has 0 rings (SSSR count). The van der Waals surface area contributed by atoms with Gasteiger partial charge in [-0.3, -0.25) is 0 Å². The molecule has 0 radical (unpaired) electrons. The van der Waals surface area contributed by atoms with Crippen LogP contribution in [-0.2, 0) is 9.36 Å². The van der Waals surface area contributed by atoms with Gasteiger partial charge in [-0.1, -0.05) is 0 Å². The van der Waals surface area contributed by atoms with Crippen molar-refractivity contribution in [3.63, 3.8) is 0 Å². The first-order valence-electron chi connectivity index (χ1n) is 1.22. The smallest absolute Gasteiger partial charge is 0.790 e. The fourth-order valence-electron chi connectivity index (χ4n) is 0. The van der Waals surface area contributed by atoms with E-state index in [0.717, 1.165) is 0 Å². The van der Waals surface area contributed by atoms with E-state index in [4.69, 9.17) is 29.1 Å². The van der Waals surface area contributed by atoms with Gasteiger partial charge in [-0.25, -0.2) is 0 Å². The number of carbonyl (C=O) groups excluding carboxylic acids is 1. The second-order valence-corrected chi connectivity index (χ2v) is 1.50. The van der Waals surface area contributed by atoms with Crippen LogP contribution in [0.4, 0.5) is 0 Å². The molecule has 12 nitrogen and oxygen atoms in total. The van der Waals surface area contributed by atoms with Gasteiger partial charge in [-0.2, -0.15) is 0 Å². The first-order valence-corrected chi connectivity index (χ1v) is 2.71. The molecule has 0 spiro atoms. The van der Waals surface area contributed by atoms with Gasteiger partial charge in [0.2, 0.25) is 0 Å². The van der Waals surface area contributed by atoms with Crippen LogP contribution in [0.5, 0.6) is 0 Å². The summed E-state index contributed by atoms with van der Waals surface area (Å²) in [5.41, 5.74) is 0. The van der Waals surface area contributed by atoms with Crippen LogP contribution in [0.25, 0.3) is 0 Å². The molecule has 13 N–H and O–H groups in total. The van der Waals surface area contributed by atoms with Gasteiger partial charge >= 0.3 is 88.7 Å². The predicted molar refractivity (Wildman–Crippen MR) is 37.6 cm³/mol. The molecule has 0 aliphatic carbocycles. The fraction of sp³-hybridized carbons (Fsp3) is 0. The van der Waals surface area contributed by atoms with Crippen molar-refractivity contribution >= 4 is 14.3 Å². The largest absolute Gasteiger partial charge is 1.00 e. The second kappa shape index (κ2) is 63.2. The van der Waals surface area contributed by atoms with E-state index in [9.17, 15) is 0 Å². The van der Waals surface area contributed by atoms with Gasteiger partial charge in [0.25, 0.3) is 0 Å². The first kappa shape index (κ1) is 93.5. The van der Waals surface area contributed by atoms with Gasteiger partial charge in [0.1, 0.15) is 0 Å². The maximum Gasteiger partial charge on any atom is 1.00 e. The van der Waals surface area contributed by atoms with Crippen molar-refractivity contribution in [3.05, 3.63) is 0 Å². The molecule has 0 aromatic heterocycles. The Balaban J connectivity index is -0.00000000317. The van der Waals surface area contributed by atoms with Crippen LogP contribution in [0.1, 0.15) is 0 Å². The summed E-state index contributed by atoms with van der Waals surface area (Å²) in [4.78, 5) is 32.5. The van der Waals surface area contributed by atoms with E-state index in [1.807, 2.05) is 0 Å². The SMILES string of the molecule is O.O.O.O.O.O.O=C[O-].O=P([O-])([O-])O.[Na+].[Na+].[Na+]. The van der Waals surface area contributed by atoms with Gasteiger partial charge in [-0.15, -0.1) is 0 Å². The topological polar surface area (TPSA) is 313 Å². The van der Waals surface area contributed by atoms with Crippen molar-refractivity contribution in [1.82, 2.24) is 0 Å². The van der Waals surface area contributed by atoms with Crippen LogP contribution in [0, 0.1) is 0 Å². The molecule has 0 aromatic carbocycles. The van der Waals surface area contributed by atoms with E-state index in [-0.39, 0.29) is 122 Å². The summed E-state index contributed by atoms with van der Waals surface area (Å²) in [6, 6.07) is 0. The second-order valence-electron chi connectivity index (χ2n) is 0.565. The fourth-order valence-corrected chi connectivity index (χ4v) is 0. The Kier molecular flexibility index (Phi) is 348. The van der Waals surface area contributed by atoms with E-state index in [1.54, 1.807) is 0 Å². The molecule has 98 valence electrons. The minimum atomic E-state index is -5.14.